The Balaban J connectivity index is 2.64. The van der Waals surface area contributed by atoms with Crippen LogP contribution in [0.2, 0.25) is 10.0 Å². The van der Waals surface area contributed by atoms with Gasteiger partial charge in [0.15, 0.2) is 5.78 Å². The lowest BCUT2D eigenvalue weighted by Gasteiger charge is -2.30. The summed E-state index contributed by atoms with van der Waals surface area (Å²) in [6.45, 7) is 6.43. The molecule has 0 saturated carbocycles. The average molecular weight is 461 g/mol. The Morgan fingerprint density at radius 1 is 1.17 bits per heavy atom. The number of hydrogen-bond donors (Lipinski definition) is 3. The Bertz CT molecular complexity index is 1030. The van der Waals surface area contributed by atoms with Crippen molar-refractivity contribution in [3.8, 4) is 0 Å². The Morgan fingerprint density at radius 2 is 1.76 bits per heavy atom. The molecule has 0 spiro atoms. The Hall–Kier alpha value is -1.87. The summed E-state index contributed by atoms with van der Waals surface area (Å²) in [5.74, 6) is -3.87. The number of sulfonamides is 1. The summed E-state index contributed by atoms with van der Waals surface area (Å²) < 4.78 is 26.9. The van der Waals surface area contributed by atoms with Crippen LogP contribution in [0, 0.1) is 0 Å². The summed E-state index contributed by atoms with van der Waals surface area (Å²) in [6.07, 6.45) is 0. The number of nitrogens with one attached hydrogen (secondary N) is 2. The highest BCUT2D eigenvalue weighted by molar-refractivity contribution is 7.90. The van der Waals surface area contributed by atoms with E-state index >= 15 is 0 Å². The molecule has 1 aliphatic heterocycles. The second-order valence-electron chi connectivity index (χ2n) is 7.04. The summed E-state index contributed by atoms with van der Waals surface area (Å²) in [7, 11) is -3.91. The van der Waals surface area contributed by atoms with Gasteiger partial charge in [0.1, 0.15) is 5.75 Å². The average Bonchev–Trinajstić information content (AvgIpc) is 2.54. The van der Waals surface area contributed by atoms with Crippen LogP contribution in [0.15, 0.2) is 40.7 Å². The van der Waals surface area contributed by atoms with Crippen LogP contribution in [0.3, 0.4) is 0 Å². The molecular weight excluding hydrogens is 439 g/mol. The van der Waals surface area contributed by atoms with E-state index in [1.54, 1.807) is 45.9 Å². The van der Waals surface area contributed by atoms with Crippen molar-refractivity contribution >= 4 is 45.0 Å². The fourth-order valence-electron chi connectivity index (χ4n) is 3.35. The number of Topliss-reactive ketones (excluding diaryl/α,β-unsaturated/α-hetero) is 1. The van der Waals surface area contributed by atoms with Crippen molar-refractivity contribution in [1.29, 1.82) is 0 Å². The number of carbonyl (C=O) groups is 2. The quantitative estimate of drug-likeness (QED) is 0.575. The van der Waals surface area contributed by atoms with Crippen LogP contribution in [-0.4, -0.2) is 37.1 Å². The highest BCUT2D eigenvalue weighted by Crippen LogP contribution is 2.43. The molecule has 1 unspecified atom stereocenters. The van der Waals surface area contributed by atoms with E-state index in [-0.39, 0.29) is 27.2 Å². The van der Waals surface area contributed by atoms with Crippen LogP contribution >= 0.6 is 23.2 Å². The number of dihydropyridines is 1. The Kier molecular flexibility index (Phi) is 7.16. The maximum absolute atomic E-state index is 13.1. The highest BCUT2D eigenvalue weighted by Gasteiger charge is 2.38. The number of ketones is 1. The van der Waals surface area contributed by atoms with Crippen molar-refractivity contribution in [2.24, 2.45) is 0 Å². The van der Waals surface area contributed by atoms with E-state index in [1.165, 1.54) is 0 Å². The monoisotopic (exact) mass is 460 g/mol. The second kappa shape index (κ2) is 8.87. The first-order valence-electron chi connectivity index (χ1n) is 8.74. The van der Waals surface area contributed by atoms with E-state index in [1.807, 2.05) is 0 Å². The molecule has 2 rings (SSSR count). The second-order valence-corrected chi connectivity index (χ2v) is 9.58. The van der Waals surface area contributed by atoms with Crippen LogP contribution in [-0.2, 0) is 19.6 Å². The van der Waals surface area contributed by atoms with Crippen molar-refractivity contribution in [1.82, 2.24) is 10.0 Å². The molecule has 0 bridgehead atoms. The van der Waals surface area contributed by atoms with Crippen LogP contribution in [0.5, 0.6) is 0 Å². The first-order valence-corrected chi connectivity index (χ1v) is 11.2. The van der Waals surface area contributed by atoms with Crippen molar-refractivity contribution in [2.75, 3.05) is 5.75 Å². The van der Waals surface area contributed by atoms with Gasteiger partial charge in [-0.2, -0.15) is 0 Å². The minimum Gasteiger partial charge on any atom is -0.478 e. The first kappa shape index (κ1) is 23.4. The number of rotatable bonds is 7. The number of halogens is 2. The zero-order valence-electron chi connectivity index (χ0n) is 16.3. The maximum Gasteiger partial charge on any atom is 0.334 e. The molecule has 0 aliphatic carbocycles. The normalized spacial score (nSPS) is 17.6. The molecule has 0 radical (unpaired) electrons. The molecule has 0 amide bonds. The van der Waals surface area contributed by atoms with Crippen LogP contribution in [0.25, 0.3) is 0 Å². The molecule has 10 heteroatoms. The smallest absolute Gasteiger partial charge is 0.334 e. The van der Waals surface area contributed by atoms with Crippen molar-refractivity contribution < 1.29 is 23.1 Å². The molecule has 3 N–H and O–H groups in total. The molecule has 1 atom stereocenters. The third kappa shape index (κ3) is 5.19. The molecular formula is C19H22Cl2N2O5S. The van der Waals surface area contributed by atoms with Gasteiger partial charge < -0.3 is 10.4 Å². The van der Waals surface area contributed by atoms with E-state index in [9.17, 15) is 23.1 Å². The SMILES string of the molecule is CC1=C(C(=O)O)C(c2cccc(Cl)c2Cl)C(C(=O)CS(=O)(=O)NC(C)C)=C(C)N1. The fourth-order valence-corrected chi connectivity index (χ4v) is 5.07. The standard InChI is InChI=1S/C19H22Cl2N2O5S/c1-9(2)23-29(27,28)8-14(24)15-10(3)22-11(4)16(19(25)26)17(15)12-6-5-7-13(20)18(12)21/h5-7,9,17,22-23H,8H2,1-4H3,(H,25,26). The van der Waals surface area contributed by atoms with Crippen LogP contribution < -0.4 is 10.0 Å². The summed E-state index contributed by atoms with van der Waals surface area (Å²) >= 11 is 12.4. The summed E-state index contributed by atoms with van der Waals surface area (Å²) in [5.41, 5.74) is 0.923. The number of carboxylic acid groups (broad SMARTS) is 1. The zero-order valence-corrected chi connectivity index (χ0v) is 18.7. The van der Waals surface area contributed by atoms with Crippen molar-refractivity contribution in [2.45, 2.75) is 39.7 Å². The molecule has 158 valence electrons. The molecule has 1 heterocycles. The molecule has 7 nitrogen and oxygen atoms in total. The van der Waals surface area contributed by atoms with E-state index in [0.717, 1.165) is 0 Å². The van der Waals surface area contributed by atoms with E-state index in [0.29, 0.717) is 17.0 Å². The first-order chi connectivity index (χ1) is 13.4. The van der Waals surface area contributed by atoms with Crippen LogP contribution in [0.4, 0.5) is 0 Å². The largest absolute Gasteiger partial charge is 0.478 e. The van der Waals surface area contributed by atoms with E-state index < -0.39 is 33.4 Å². The van der Waals surface area contributed by atoms with Gasteiger partial charge in [0.2, 0.25) is 10.0 Å². The van der Waals surface area contributed by atoms with Gasteiger partial charge in [0, 0.05) is 28.9 Å². The minimum atomic E-state index is -3.91. The molecule has 29 heavy (non-hydrogen) atoms. The summed E-state index contributed by atoms with van der Waals surface area (Å²) in [4.78, 5) is 25.1. The van der Waals surface area contributed by atoms with Crippen molar-refractivity contribution in [3.63, 3.8) is 0 Å². The lowest BCUT2D eigenvalue weighted by molar-refractivity contribution is -0.133. The number of carboxylic acids is 1. The fraction of sp³-hybridized carbons (Fsp3) is 0.368. The zero-order chi connectivity index (χ0) is 22.1. The van der Waals surface area contributed by atoms with E-state index in [2.05, 4.69) is 10.0 Å². The molecule has 0 fully saturated rings. The molecule has 0 saturated heterocycles. The van der Waals surface area contributed by atoms with Gasteiger partial charge in [0.05, 0.1) is 15.6 Å². The van der Waals surface area contributed by atoms with E-state index in [4.69, 9.17) is 23.2 Å². The molecule has 1 aromatic rings. The van der Waals surface area contributed by atoms with Crippen LogP contribution in [0.1, 0.15) is 39.2 Å². The number of hydrogen-bond acceptors (Lipinski definition) is 5. The third-order valence-corrected chi connectivity index (χ3v) is 6.63. The Morgan fingerprint density at radius 3 is 2.31 bits per heavy atom. The van der Waals surface area contributed by atoms with Crippen molar-refractivity contribution in [3.05, 3.63) is 56.3 Å². The number of benzene rings is 1. The number of allylic oxidation sites excluding steroid dienone is 3. The summed E-state index contributed by atoms with van der Waals surface area (Å²) in [5, 5.41) is 13.0. The minimum absolute atomic E-state index is 0.0197. The number of carbonyl (C=O) groups excluding carboxylic acids is 1. The lowest BCUT2D eigenvalue weighted by Crippen LogP contribution is -2.38. The van der Waals surface area contributed by atoms with Gasteiger partial charge in [0.25, 0.3) is 0 Å². The maximum atomic E-state index is 13.1. The highest BCUT2D eigenvalue weighted by atomic mass is 35.5. The molecule has 1 aliphatic rings. The van der Waals surface area contributed by atoms with Gasteiger partial charge in [-0.15, -0.1) is 0 Å². The lowest BCUT2D eigenvalue weighted by atomic mass is 9.79. The molecule has 1 aromatic carbocycles. The van der Waals surface area contributed by atoms with Gasteiger partial charge in [-0.25, -0.2) is 17.9 Å². The Labute approximate surface area is 179 Å². The van der Waals surface area contributed by atoms with Gasteiger partial charge >= 0.3 is 5.97 Å². The van der Waals surface area contributed by atoms with Gasteiger partial charge in [-0.05, 0) is 39.3 Å². The number of aliphatic carboxylic acids is 1. The summed E-state index contributed by atoms with van der Waals surface area (Å²) in [6, 6.07) is 4.32. The predicted molar refractivity (Wildman–Crippen MR) is 112 cm³/mol. The topological polar surface area (TPSA) is 113 Å². The molecule has 0 aromatic heterocycles. The van der Waals surface area contributed by atoms with Gasteiger partial charge in [-0.1, -0.05) is 35.3 Å². The third-order valence-electron chi connectivity index (χ3n) is 4.32. The van der Waals surface area contributed by atoms with Gasteiger partial charge in [-0.3, -0.25) is 4.79 Å². The predicted octanol–water partition coefficient (Wildman–Crippen LogP) is 3.21.